The predicted molar refractivity (Wildman–Crippen MR) is 96.9 cm³/mol. The van der Waals surface area contributed by atoms with Crippen LogP contribution in [-0.4, -0.2) is 11.6 Å². The molecule has 0 fully saturated rings. The van der Waals surface area contributed by atoms with Gasteiger partial charge in [0.25, 0.3) is 0 Å². The van der Waals surface area contributed by atoms with E-state index in [0.717, 1.165) is 5.56 Å². The molecule has 2 rings (SSSR count). The van der Waals surface area contributed by atoms with Gasteiger partial charge in [-0.05, 0) is 56.0 Å². The topological polar surface area (TPSA) is 35.5 Å². The first-order valence-corrected chi connectivity index (χ1v) is 8.17. The number of rotatable bonds is 3. The molecule has 0 aliphatic carbocycles. The normalized spacial score (nSPS) is 11.9. The Bertz CT molecular complexity index is 704. The van der Waals surface area contributed by atoms with Crippen molar-refractivity contribution in [2.24, 2.45) is 0 Å². The largest absolute Gasteiger partial charge is 0.487 e. The average Bonchev–Trinajstić information content (AvgIpc) is 2.45. The monoisotopic (exact) mass is 326 g/mol. The van der Waals surface area contributed by atoms with Gasteiger partial charge < -0.3 is 9.47 Å². The van der Waals surface area contributed by atoms with Crippen molar-refractivity contribution < 1.29 is 14.3 Å². The number of ether oxygens (including phenoxy) is 2. The van der Waals surface area contributed by atoms with Gasteiger partial charge in [-0.1, -0.05) is 45.0 Å². The Kier molecular flexibility index (Phi) is 5.02. The Morgan fingerprint density at radius 3 is 2.04 bits per heavy atom. The van der Waals surface area contributed by atoms with Crippen LogP contribution in [0.25, 0.3) is 0 Å². The highest BCUT2D eigenvalue weighted by Crippen LogP contribution is 2.31. The van der Waals surface area contributed by atoms with Crippen LogP contribution in [0.3, 0.4) is 0 Å². The first kappa shape index (κ1) is 18.1. The minimum atomic E-state index is -0.416. The van der Waals surface area contributed by atoms with Crippen LogP contribution in [0.15, 0.2) is 48.5 Å². The van der Waals surface area contributed by atoms with E-state index >= 15 is 0 Å². The third-order valence-corrected chi connectivity index (χ3v) is 3.44. The van der Waals surface area contributed by atoms with Crippen molar-refractivity contribution >= 4 is 5.97 Å². The molecule has 0 saturated carbocycles. The smallest absolute Gasteiger partial charge is 0.347 e. The molecule has 0 bridgehead atoms. The number of benzene rings is 2. The Morgan fingerprint density at radius 2 is 1.50 bits per heavy atom. The SMILES string of the molecule is CC(C)(C)Oc1cc(C(C)(C)C)ccc1C(=O)Oc1ccccc1. The molecule has 0 radical (unpaired) electrons. The van der Waals surface area contributed by atoms with E-state index in [1.54, 1.807) is 18.2 Å². The van der Waals surface area contributed by atoms with Crippen LogP contribution >= 0.6 is 0 Å². The van der Waals surface area contributed by atoms with E-state index in [2.05, 4.69) is 20.8 Å². The van der Waals surface area contributed by atoms with Gasteiger partial charge in [-0.2, -0.15) is 0 Å². The molecule has 0 unspecified atom stereocenters. The van der Waals surface area contributed by atoms with Crippen molar-refractivity contribution in [2.75, 3.05) is 0 Å². The summed E-state index contributed by atoms with van der Waals surface area (Å²) >= 11 is 0. The first-order valence-electron chi connectivity index (χ1n) is 8.17. The van der Waals surface area contributed by atoms with E-state index in [9.17, 15) is 4.79 Å². The molecule has 0 saturated heterocycles. The molecule has 0 amide bonds. The maximum absolute atomic E-state index is 12.6. The van der Waals surface area contributed by atoms with Crippen molar-refractivity contribution in [3.63, 3.8) is 0 Å². The number of para-hydroxylation sites is 1. The standard InChI is InChI=1S/C21H26O3/c1-20(2,3)15-12-13-17(18(14-15)24-21(4,5)6)19(22)23-16-10-8-7-9-11-16/h7-14H,1-6H3. The number of esters is 1. The summed E-state index contributed by atoms with van der Waals surface area (Å²) in [7, 11) is 0. The third-order valence-electron chi connectivity index (χ3n) is 3.44. The Hall–Kier alpha value is -2.29. The molecule has 3 nitrogen and oxygen atoms in total. The lowest BCUT2D eigenvalue weighted by Crippen LogP contribution is -2.25. The Morgan fingerprint density at radius 1 is 0.875 bits per heavy atom. The molecule has 0 N–H and O–H groups in total. The van der Waals surface area contributed by atoms with Crippen LogP contribution in [0.5, 0.6) is 11.5 Å². The summed E-state index contributed by atoms with van der Waals surface area (Å²) in [6.07, 6.45) is 0. The van der Waals surface area contributed by atoms with Crippen LogP contribution in [0, 0.1) is 0 Å². The van der Waals surface area contributed by atoms with E-state index < -0.39 is 11.6 Å². The van der Waals surface area contributed by atoms with Crippen LogP contribution in [0.2, 0.25) is 0 Å². The van der Waals surface area contributed by atoms with Gasteiger partial charge >= 0.3 is 5.97 Å². The molecule has 2 aromatic carbocycles. The second kappa shape index (κ2) is 6.68. The highest BCUT2D eigenvalue weighted by Gasteiger charge is 2.23. The zero-order valence-corrected chi connectivity index (χ0v) is 15.3. The number of carbonyl (C=O) groups is 1. The van der Waals surface area contributed by atoms with Crippen molar-refractivity contribution in [2.45, 2.75) is 52.6 Å². The number of carbonyl (C=O) groups excluding carboxylic acids is 1. The highest BCUT2D eigenvalue weighted by molar-refractivity contribution is 5.94. The summed E-state index contributed by atoms with van der Waals surface area (Å²) < 4.78 is 11.5. The molecule has 0 aromatic heterocycles. The molecule has 3 heteroatoms. The van der Waals surface area contributed by atoms with Crippen molar-refractivity contribution in [3.8, 4) is 11.5 Å². The predicted octanol–water partition coefficient (Wildman–Crippen LogP) is 5.38. The molecular weight excluding hydrogens is 300 g/mol. The van der Waals surface area contributed by atoms with Gasteiger partial charge in [0.2, 0.25) is 0 Å². The zero-order valence-electron chi connectivity index (χ0n) is 15.3. The van der Waals surface area contributed by atoms with E-state index in [-0.39, 0.29) is 5.41 Å². The number of hydrogen-bond donors (Lipinski definition) is 0. The summed E-state index contributed by atoms with van der Waals surface area (Å²) in [5.41, 5.74) is 1.11. The summed E-state index contributed by atoms with van der Waals surface area (Å²) in [5.74, 6) is 0.654. The van der Waals surface area contributed by atoms with Crippen molar-refractivity contribution in [3.05, 3.63) is 59.7 Å². The van der Waals surface area contributed by atoms with Gasteiger partial charge in [-0.15, -0.1) is 0 Å². The molecule has 128 valence electrons. The first-order chi connectivity index (χ1) is 11.1. The fourth-order valence-corrected chi connectivity index (χ4v) is 2.22. The minimum absolute atomic E-state index is 0.0299. The Labute approximate surface area is 144 Å². The van der Waals surface area contributed by atoms with Gasteiger partial charge in [0.15, 0.2) is 0 Å². The lowest BCUT2D eigenvalue weighted by Gasteiger charge is -2.26. The van der Waals surface area contributed by atoms with Crippen LogP contribution in [0.1, 0.15) is 57.5 Å². The fraction of sp³-hybridized carbons (Fsp3) is 0.381. The van der Waals surface area contributed by atoms with Gasteiger partial charge in [0.1, 0.15) is 22.7 Å². The van der Waals surface area contributed by atoms with Gasteiger partial charge in [-0.25, -0.2) is 4.79 Å². The minimum Gasteiger partial charge on any atom is -0.487 e. The lowest BCUT2D eigenvalue weighted by molar-refractivity contribution is 0.0718. The zero-order chi connectivity index (χ0) is 18.0. The van der Waals surface area contributed by atoms with Crippen molar-refractivity contribution in [1.82, 2.24) is 0 Å². The van der Waals surface area contributed by atoms with Crippen molar-refractivity contribution in [1.29, 1.82) is 0 Å². The fourth-order valence-electron chi connectivity index (χ4n) is 2.22. The highest BCUT2D eigenvalue weighted by atomic mass is 16.5. The third kappa shape index (κ3) is 4.85. The van der Waals surface area contributed by atoms with Crippen LogP contribution in [0.4, 0.5) is 0 Å². The van der Waals surface area contributed by atoms with Crippen LogP contribution in [-0.2, 0) is 5.41 Å². The number of hydrogen-bond acceptors (Lipinski definition) is 3. The molecule has 0 aliphatic heterocycles. The Balaban J connectivity index is 2.38. The van der Waals surface area contributed by atoms with Gasteiger partial charge in [0, 0.05) is 0 Å². The van der Waals surface area contributed by atoms with E-state index in [4.69, 9.17) is 9.47 Å². The second-order valence-corrected chi connectivity index (χ2v) is 7.88. The molecule has 24 heavy (non-hydrogen) atoms. The molecule has 0 aliphatic rings. The molecule has 0 spiro atoms. The van der Waals surface area contributed by atoms with Gasteiger partial charge in [-0.3, -0.25) is 0 Å². The van der Waals surface area contributed by atoms with Crippen LogP contribution < -0.4 is 9.47 Å². The summed E-state index contributed by atoms with van der Waals surface area (Å²) in [6.45, 7) is 12.3. The van der Waals surface area contributed by atoms with E-state index in [0.29, 0.717) is 17.1 Å². The summed E-state index contributed by atoms with van der Waals surface area (Å²) in [5, 5.41) is 0. The quantitative estimate of drug-likeness (QED) is 0.561. The van der Waals surface area contributed by atoms with Gasteiger partial charge in [0.05, 0.1) is 0 Å². The molecule has 0 heterocycles. The maximum atomic E-state index is 12.6. The average molecular weight is 326 g/mol. The van der Waals surface area contributed by atoms with E-state index in [1.165, 1.54) is 0 Å². The summed E-state index contributed by atoms with van der Waals surface area (Å²) in [6, 6.07) is 14.7. The maximum Gasteiger partial charge on any atom is 0.347 e. The molecular formula is C21H26O3. The van der Waals surface area contributed by atoms with E-state index in [1.807, 2.05) is 51.1 Å². The molecule has 2 aromatic rings. The lowest BCUT2D eigenvalue weighted by atomic mass is 9.86. The second-order valence-electron chi connectivity index (χ2n) is 7.88. The summed E-state index contributed by atoms with van der Waals surface area (Å²) in [4.78, 5) is 12.6. The molecule has 0 atom stereocenters.